The minimum atomic E-state index is -0.576. The molecule has 0 heterocycles. The summed E-state index contributed by atoms with van der Waals surface area (Å²) < 4.78 is 18.9. The molecule has 3 rings (SSSR count). The van der Waals surface area contributed by atoms with Crippen molar-refractivity contribution in [3.05, 3.63) is 101 Å². The van der Waals surface area contributed by atoms with Gasteiger partial charge in [-0.05, 0) is 48.9 Å². The van der Waals surface area contributed by atoms with Gasteiger partial charge in [-0.2, -0.15) is 5.26 Å². The summed E-state index contributed by atoms with van der Waals surface area (Å²) >= 11 is 0. The van der Waals surface area contributed by atoms with Crippen molar-refractivity contribution in [2.75, 3.05) is 5.32 Å². The third-order valence-electron chi connectivity index (χ3n) is 4.20. The Morgan fingerprint density at radius 2 is 1.76 bits per heavy atom. The number of benzene rings is 3. The molecule has 0 saturated heterocycles. The number of aryl methyl sites for hydroxylation is 1. The highest BCUT2D eigenvalue weighted by atomic mass is 19.1. The first-order valence-electron chi connectivity index (χ1n) is 9.01. The summed E-state index contributed by atoms with van der Waals surface area (Å²) in [6.45, 7) is 2.39. The van der Waals surface area contributed by atoms with Crippen LogP contribution in [0.3, 0.4) is 0 Å². The van der Waals surface area contributed by atoms with Gasteiger partial charge >= 0.3 is 0 Å². The van der Waals surface area contributed by atoms with Crippen molar-refractivity contribution in [2.45, 2.75) is 13.5 Å². The molecular weight excluding hydrogens is 367 g/mol. The molecule has 0 fully saturated rings. The minimum absolute atomic E-state index is 0.0827. The number of nitriles is 1. The number of rotatable bonds is 6. The quantitative estimate of drug-likeness (QED) is 0.464. The summed E-state index contributed by atoms with van der Waals surface area (Å²) in [4.78, 5) is 12.4. The van der Waals surface area contributed by atoms with Crippen molar-refractivity contribution in [3.63, 3.8) is 0 Å². The average Bonchev–Trinajstić information content (AvgIpc) is 2.74. The van der Waals surface area contributed by atoms with Gasteiger partial charge in [-0.3, -0.25) is 4.79 Å². The van der Waals surface area contributed by atoms with E-state index in [0.29, 0.717) is 23.6 Å². The summed E-state index contributed by atoms with van der Waals surface area (Å²) in [6, 6.07) is 22.4. The molecule has 3 aromatic carbocycles. The zero-order valence-corrected chi connectivity index (χ0v) is 15.9. The molecular formula is C24H19FN2O2. The molecule has 0 atom stereocenters. The smallest absolute Gasteiger partial charge is 0.266 e. The Hall–Kier alpha value is -3.91. The second-order valence-corrected chi connectivity index (χ2v) is 6.44. The van der Waals surface area contributed by atoms with Gasteiger partial charge in [0, 0.05) is 11.3 Å². The summed E-state index contributed by atoms with van der Waals surface area (Å²) in [5.74, 6) is -0.415. The van der Waals surface area contributed by atoms with Crippen LogP contribution in [-0.4, -0.2) is 5.91 Å². The zero-order chi connectivity index (χ0) is 20.6. The van der Waals surface area contributed by atoms with Gasteiger partial charge in [-0.15, -0.1) is 0 Å². The van der Waals surface area contributed by atoms with Crippen molar-refractivity contribution < 1.29 is 13.9 Å². The van der Waals surface area contributed by atoms with E-state index in [1.54, 1.807) is 18.2 Å². The zero-order valence-electron chi connectivity index (χ0n) is 15.9. The van der Waals surface area contributed by atoms with E-state index in [1.165, 1.54) is 35.9 Å². The monoisotopic (exact) mass is 386 g/mol. The highest BCUT2D eigenvalue weighted by Crippen LogP contribution is 2.23. The molecule has 0 unspecified atom stereocenters. The van der Waals surface area contributed by atoms with E-state index in [2.05, 4.69) is 5.32 Å². The van der Waals surface area contributed by atoms with Gasteiger partial charge in [0.1, 0.15) is 29.8 Å². The van der Waals surface area contributed by atoms with Crippen LogP contribution in [0.5, 0.6) is 5.75 Å². The van der Waals surface area contributed by atoms with E-state index in [0.717, 1.165) is 5.56 Å². The van der Waals surface area contributed by atoms with Crippen LogP contribution in [0.15, 0.2) is 78.4 Å². The van der Waals surface area contributed by atoms with Crippen LogP contribution >= 0.6 is 0 Å². The molecule has 29 heavy (non-hydrogen) atoms. The van der Waals surface area contributed by atoms with Crippen LogP contribution in [0.1, 0.15) is 16.7 Å². The number of amides is 1. The lowest BCUT2D eigenvalue weighted by Crippen LogP contribution is -2.13. The summed E-state index contributed by atoms with van der Waals surface area (Å²) in [5.41, 5.74) is 3.12. The van der Waals surface area contributed by atoms with Gasteiger partial charge in [0.15, 0.2) is 0 Å². The molecule has 0 aliphatic carbocycles. The number of para-hydroxylation sites is 1. The minimum Gasteiger partial charge on any atom is -0.488 e. The molecule has 1 amide bonds. The fourth-order valence-corrected chi connectivity index (χ4v) is 2.61. The van der Waals surface area contributed by atoms with E-state index in [1.807, 2.05) is 43.3 Å². The lowest BCUT2D eigenvalue weighted by atomic mass is 10.1. The second-order valence-electron chi connectivity index (χ2n) is 6.44. The average molecular weight is 386 g/mol. The largest absolute Gasteiger partial charge is 0.488 e. The first kappa shape index (κ1) is 19.8. The molecule has 5 heteroatoms. The van der Waals surface area contributed by atoms with Crippen molar-refractivity contribution in [3.8, 4) is 11.8 Å². The van der Waals surface area contributed by atoms with Gasteiger partial charge in [0.25, 0.3) is 5.91 Å². The van der Waals surface area contributed by atoms with Crippen molar-refractivity contribution in [1.82, 2.24) is 0 Å². The van der Waals surface area contributed by atoms with Crippen LogP contribution in [0, 0.1) is 24.1 Å². The maximum absolute atomic E-state index is 13.0. The fraction of sp³-hybridized carbons (Fsp3) is 0.0833. The lowest BCUT2D eigenvalue weighted by Gasteiger charge is -2.10. The van der Waals surface area contributed by atoms with Crippen LogP contribution in [0.2, 0.25) is 0 Å². The molecule has 0 bridgehead atoms. The number of carbonyl (C=O) groups is 1. The van der Waals surface area contributed by atoms with Gasteiger partial charge in [-0.25, -0.2) is 4.39 Å². The van der Waals surface area contributed by atoms with E-state index in [9.17, 15) is 14.4 Å². The van der Waals surface area contributed by atoms with Crippen molar-refractivity contribution in [1.29, 1.82) is 5.26 Å². The highest BCUT2D eigenvalue weighted by Gasteiger charge is 2.11. The van der Waals surface area contributed by atoms with E-state index in [4.69, 9.17) is 4.74 Å². The lowest BCUT2D eigenvalue weighted by molar-refractivity contribution is -0.112. The highest BCUT2D eigenvalue weighted by molar-refractivity contribution is 6.09. The Bertz CT molecular complexity index is 1070. The first-order valence-corrected chi connectivity index (χ1v) is 9.01. The molecule has 4 nitrogen and oxygen atoms in total. The number of hydrogen-bond donors (Lipinski definition) is 1. The maximum atomic E-state index is 13.0. The number of anilines is 1. The number of hydrogen-bond acceptors (Lipinski definition) is 3. The first-order chi connectivity index (χ1) is 14.0. The van der Waals surface area contributed by atoms with Crippen LogP contribution < -0.4 is 10.1 Å². The number of ether oxygens (including phenoxy) is 1. The van der Waals surface area contributed by atoms with Gasteiger partial charge in [0.2, 0.25) is 0 Å². The van der Waals surface area contributed by atoms with E-state index >= 15 is 0 Å². The Morgan fingerprint density at radius 3 is 2.45 bits per heavy atom. The molecule has 3 aromatic rings. The van der Waals surface area contributed by atoms with Crippen molar-refractivity contribution in [2.24, 2.45) is 0 Å². The molecule has 0 aliphatic rings. The number of halogens is 1. The molecule has 0 saturated carbocycles. The predicted octanol–water partition coefficient (Wildman–Crippen LogP) is 5.26. The second kappa shape index (κ2) is 9.34. The van der Waals surface area contributed by atoms with Gasteiger partial charge in [-0.1, -0.05) is 48.0 Å². The Kier molecular flexibility index (Phi) is 6.39. The molecule has 0 aliphatic heterocycles. The predicted molar refractivity (Wildman–Crippen MR) is 111 cm³/mol. The number of nitrogens with one attached hydrogen (secondary N) is 1. The van der Waals surface area contributed by atoms with E-state index < -0.39 is 11.7 Å². The molecule has 0 aromatic heterocycles. The van der Waals surface area contributed by atoms with Crippen LogP contribution in [0.4, 0.5) is 10.1 Å². The van der Waals surface area contributed by atoms with Gasteiger partial charge in [0.05, 0.1) is 0 Å². The Morgan fingerprint density at radius 1 is 1.07 bits per heavy atom. The Balaban J connectivity index is 1.76. The number of carbonyl (C=O) groups excluding carboxylic acids is 1. The maximum Gasteiger partial charge on any atom is 0.266 e. The molecule has 0 radical (unpaired) electrons. The topological polar surface area (TPSA) is 62.1 Å². The number of nitrogens with zero attached hydrogens (tertiary/aromatic N) is 1. The fourth-order valence-electron chi connectivity index (χ4n) is 2.61. The SMILES string of the molecule is Cc1ccc(COc2ccccc2/C=C(\C#N)C(=O)Nc2ccc(F)cc2)cc1. The van der Waals surface area contributed by atoms with E-state index in [-0.39, 0.29) is 5.57 Å². The Labute approximate surface area is 168 Å². The summed E-state index contributed by atoms with van der Waals surface area (Å²) in [6.07, 6.45) is 1.48. The third-order valence-corrected chi connectivity index (χ3v) is 4.20. The van der Waals surface area contributed by atoms with Crippen LogP contribution in [0.25, 0.3) is 6.08 Å². The standard InChI is InChI=1S/C24H19FN2O2/c1-17-6-8-18(9-7-17)16-29-23-5-3-2-4-19(23)14-20(15-26)24(28)27-22-12-10-21(25)11-13-22/h2-14H,16H2,1H3,(H,27,28)/b20-14+. The summed E-state index contributed by atoms with van der Waals surface area (Å²) in [7, 11) is 0. The third kappa shape index (κ3) is 5.53. The molecule has 1 N–H and O–H groups in total. The van der Waals surface area contributed by atoms with Crippen molar-refractivity contribution >= 4 is 17.7 Å². The summed E-state index contributed by atoms with van der Waals surface area (Å²) in [5, 5.41) is 12.0. The van der Waals surface area contributed by atoms with Crippen LogP contribution in [-0.2, 0) is 11.4 Å². The van der Waals surface area contributed by atoms with Gasteiger partial charge < -0.3 is 10.1 Å². The normalized spacial score (nSPS) is 10.9. The molecule has 144 valence electrons. The molecule has 0 spiro atoms.